The average molecular weight is 236 g/mol. The van der Waals surface area contributed by atoms with Gasteiger partial charge in [-0.2, -0.15) is 0 Å². The number of hydrogen-bond acceptors (Lipinski definition) is 2. The van der Waals surface area contributed by atoms with Crippen LogP contribution < -0.4 is 4.74 Å². The minimum Gasteiger partial charge on any atom is -0.492 e. The maximum Gasteiger partial charge on any atom is 0.142 e. The van der Waals surface area contributed by atoms with E-state index < -0.39 is 0 Å². The van der Waals surface area contributed by atoms with E-state index in [1.807, 2.05) is 6.92 Å². The lowest BCUT2D eigenvalue weighted by Crippen LogP contribution is -1.92. The van der Waals surface area contributed by atoms with Crippen LogP contribution in [-0.2, 0) is 0 Å². The van der Waals surface area contributed by atoms with Crippen molar-refractivity contribution in [3.05, 3.63) is 21.9 Å². The van der Waals surface area contributed by atoms with E-state index in [0.717, 1.165) is 0 Å². The molecule has 0 aliphatic heterocycles. The number of aromatic nitrogens is 1. The zero-order chi connectivity index (χ0) is 8.27. The second kappa shape index (κ2) is 3.93. The lowest BCUT2D eigenvalue weighted by Gasteiger charge is -2.04. The first-order valence-electron chi connectivity index (χ1n) is 3.18. The van der Waals surface area contributed by atoms with Gasteiger partial charge >= 0.3 is 0 Å². The third-order valence-electron chi connectivity index (χ3n) is 1.11. The zero-order valence-corrected chi connectivity index (χ0v) is 8.32. The monoisotopic (exact) mass is 235 g/mol. The standard InChI is InChI=1S/C7H7BrClNO/c1-2-11-5-3-4-10-7(8)6(5)9/h3-4H,2H2,1H3. The van der Waals surface area contributed by atoms with Crippen molar-refractivity contribution in [2.24, 2.45) is 0 Å². The van der Waals surface area contributed by atoms with Gasteiger partial charge in [-0.05, 0) is 22.9 Å². The molecule has 0 N–H and O–H groups in total. The summed E-state index contributed by atoms with van der Waals surface area (Å²) in [5.74, 6) is 0.663. The van der Waals surface area contributed by atoms with Crippen LogP contribution in [0.5, 0.6) is 5.75 Å². The predicted molar refractivity (Wildman–Crippen MR) is 48.1 cm³/mol. The Morgan fingerprint density at radius 1 is 1.73 bits per heavy atom. The fourth-order valence-corrected chi connectivity index (χ4v) is 1.15. The molecule has 0 spiro atoms. The summed E-state index contributed by atoms with van der Waals surface area (Å²) in [7, 11) is 0. The molecule has 11 heavy (non-hydrogen) atoms. The van der Waals surface area contributed by atoms with Crippen molar-refractivity contribution in [2.75, 3.05) is 6.61 Å². The smallest absolute Gasteiger partial charge is 0.142 e. The van der Waals surface area contributed by atoms with E-state index in [-0.39, 0.29) is 0 Å². The fourth-order valence-electron chi connectivity index (χ4n) is 0.669. The first kappa shape index (κ1) is 8.81. The Labute approximate surface area is 78.7 Å². The van der Waals surface area contributed by atoms with Crippen molar-refractivity contribution in [1.29, 1.82) is 0 Å². The predicted octanol–water partition coefficient (Wildman–Crippen LogP) is 2.90. The van der Waals surface area contributed by atoms with Gasteiger partial charge < -0.3 is 4.74 Å². The molecule has 0 atom stereocenters. The molecule has 0 saturated heterocycles. The van der Waals surface area contributed by atoms with Gasteiger partial charge in [0.25, 0.3) is 0 Å². The molecular formula is C7H7BrClNO. The molecule has 1 aromatic heterocycles. The van der Waals surface area contributed by atoms with Crippen molar-refractivity contribution in [2.45, 2.75) is 6.92 Å². The van der Waals surface area contributed by atoms with Gasteiger partial charge in [0.1, 0.15) is 15.4 Å². The molecule has 0 aliphatic rings. The number of rotatable bonds is 2. The first-order valence-corrected chi connectivity index (χ1v) is 4.35. The lowest BCUT2D eigenvalue weighted by molar-refractivity contribution is 0.340. The molecule has 0 aromatic carbocycles. The first-order chi connectivity index (χ1) is 5.25. The van der Waals surface area contributed by atoms with Gasteiger partial charge in [0.15, 0.2) is 0 Å². The Morgan fingerprint density at radius 2 is 2.45 bits per heavy atom. The van der Waals surface area contributed by atoms with Crippen LogP contribution in [0.2, 0.25) is 5.02 Å². The molecule has 0 saturated carbocycles. The Kier molecular flexibility index (Phi) is 3.15. The molecule has 60 valence electrons. The van der Waals surface area contributed by atoms with Gasteiger partial charge in [-0.25, -0.2) is 4.98 Å². The Hall–Kier alpha value is -0.280. The highest BCUT2D eigenvalue weighted by molar-refractivity contribution is 9.10. The Morgan fingerprint density at radius 3 is 3.09 bits per heavy atom. The molecule has 0 bridgehead atoms. The molecule has 0 radical (unpaired) electrons. The van der Waals surface area contributed by atoms with Crippen LogP contribution in [0.1, 0.15) is 6.92 Å². The van der Waals surface area contributed by atoms with Crippen LogP contribution in [0.4, 0.5) is 0 Å². The summed E-state index contributed by atoms with van der Waals surface area (Å²) in [6.07, 6.45) is 1.64. The van der Waals surface area contributed by atoms with Crippen molar-refractivity contribution in [1.82, 2.24) is 4.98 Å². The summed E-state index contributed by atoms with van der Waals surface area (Å²) in [6.45, 7) is 2.51. The molecule has 4 heteroatoms. The zero-order valence-electron chi connectivity index (χ0n) is 5.97. The summed E-state index contributed by atoms with van der Waals surface area (Å²) < 4.78 is 5.83. The number of nitrogens with zero attached hydrogens (tertiary/aromatic N) is 1. The van der Waals surface area contributed by atoms with Crippen LogP contribution in [0.25, 0.3) is 0 Å². The normalized spacial score (nSPS) is 9.73. The molecule has 0 unspecified atom stereocenters. The molecule has 0 aliphatic carbocycles. The lowest BCUT2D eigenvalue weighted by atomic mass is 10.4. The van der Waals surface area contributed by atoms with Crippen LogP contribution in [-0.4, -0.2) is 11.6 Å². The molecule has 2 nitrogen and oxygen atoms in total. The minimum absolute atomic E-state index is 0.523. The van der Waals surface area contributed by atoms with Crippen LogP contribution in [0.3, 0.4) is 0 Å². The number of ether oxygens (including phenoxy) is 1. The van der Waals surface area contributed by atoms with Gasteiger partial charge in [-0.3, -0.25) is 0 Å². The minimum atomic E-state index is 0.523. The fraction of sp³-hybridized carbons (Fsp3) is 0.286. The average Bonchev–Trinajstić information content (AvgIpc) is 1.99. The van der Waals surface area contributed by atoms with E-state index in [2.05, 4.69) is 20.9 Å². The molecule has 1 heterocycles. The molecule has 1 aromatic rings. The van der Waals surface area contributed by atoms with Crippen molar-refractivity contribution >= 4 is 27.5 Å². The van der Waals surface area contributed by atoms with Crippen LogP contribution in [0, 0.1) is 0 Å². The SMILES string of the molecule is CCOc1ccnc(Br)c1Cl. The number of halogens is 2. The van der Waals surface area contributed by atoms with E-state index in [4.69, 9.17) is 16.3 Å². The quantitative estimate of drug-likeness (QED) is 0.737. The van der Waals surface area contributed by atoms with Gasteiger partial charge in [0, 0.05) is 12.3 Å². The van der Waals surface area contributed by atoms with Crippen LogP contribution in [0.15, 0.2) is 16.9 Å². The van der Waals surface area contributed by atoms with Crippen molar-refractivity contribution in [3.63, 3.8) is 0 Å². The number of hydrogen-bond donors (Lipinski definition) is 0. The van der Waals surface area contributed by atoms with Crippen LogP contribution >= 0.6 is 27.5 Å². The molecule has 1 rings (SSSR count). The summed E-state index contributed by atoms with van der Waals surface area (Å²) >= 11 is 9.03. The van der Waals surface area contributed by atoms with Gasteiger partial charge in [0.2, 0.25) is 0 Å². The summed E-state index contributed by atoms with van der Waals surface area (Å²) in [5.41, 5.74) is 0. The number of pyridine rings is 1. The van der Waals surface area contributed by atoms with E-state index in [1.165, 1.54) is 0 Å². The van der Waals surface area contributed by atoms with Gasteiger partial charge in [-0.1, -0.05) is 11.6 Å². The van der Waals surface area contributed by atoms with E-state index >= 15 is 0 Å². The second-order valence-electron chi connectivity index (χ2n) is 1.85. The van der Waals surface area contributed by atoms with E-state index in [0.29, 0.717) is 22.0 Å². The van der Waals surface area contributed by atoms with Gasteiger partial charge in [0.05, 0.1) is 6.61 Å². The highest BCUT2D eigenvalue weighted by atomic mass is 79.9. The maximum absolute atomic E-state index is 5.84. The highest BCUT2D eigenvalue weighted by Crippen LogP contribution is 2.29. The highest BCUT2D eigenvalue weighted by Gasteiger charge is 2.04. The largest absolute Gasteiger partial charge is 0.492 e. The van der Waals surface area contributed by atoms with Crippen molar-refractivity contribution < 1.29 is 4.74 Å². The van der Waals surface area contributed by atoms with Crippen molar-refractivity contribution in [3.8, 4) is 5.75 Å². The molecular weight excluding hydrogens is 229 g/mol. The topological polar surface area (TPSA) is 22.1 Å². The molecule has 0 amide bonds. The third-order valence-corrected chi connectivity index (χ3v) is 2.31. The molecule has 0 fully saturated rings. The van der Waals surface area contributed by atoms with E-state index in [9.17, 15) is 0 Å². The Bertz CT molecular complexity index is 254. The Balaban J connectivity index is 2.96. The maximum atomic E-state index is 5.84. The third kappa shape index (κ3) is 2.07. The summed E-state index contributed by atoms with van der Waals surface area (Å²) in [5, 5.41) is 0.523. The van der Waals surface area contributed by atoms with Gasteiger partial charge in [-0.15, -0.1) is 0 Å². The summed E-state index contributed by atoms with van der Waals surface area (Å²) in [4.78, 5) is 3.93. The second-order valence-corrected chi connectivity index (χ2v) is 2.98. The summed E-state index contributed by atoms with van der Waals surface area (Å²) in [6, 6.07) is 1.73. The van der Waals surface area contributed by atoms with E-state index in [1.54, 1.807) is 12.3 Å².